The maximum Gasteiger partial charge on any atom is -0.00990 e. The Bertz CT molecular complexity index is 3020. The fourth-order valence-corrected chi connectivity index (χ4v) is 7.67. The summed E-state index contributed by atoms with van der Waals surface area (Å²) in [5.74, 6) is 0. The molecule has 12 rings (SSSR count). The van der Waals surface area contributed by atoms with Gasteiger partial charge in [0.05, 0.1) is 0 Å². The van der Waals surface area contributed by atoms with Crippen molar-refractivity contribution in [3.05, 3.63) is 243 Å². The average molecular weight is 713 g/mol. The lowest BCUT2D eigenvalue weighted by atomic mass is 9.98. The molecular weight excluding hydrogens is 673 g/mol. The molecule has 0 aliphatic heterocycles. The Hall–Kier alpha value is -7.28. The summed E-state index contributed by atoms with van der Waals surface area (Å²) in [6, 6.07) is 85.6. The molecule has 0 unspecified atom stereocenters. The van der Waals surface area contributed by atoms with Gasteiger partial charge in [0.2, 0.25) is 0 Å². The molecule has 0 spiro atoms. The van der Waals surface area contributed by atoms with Gasteiger partial charge in [-0.05, 0) is 110 Å². The van der Waals surface area contributed by atoms with Crippen LogP contribution in [0.2, 0.25) is 0 Å². The second kappa shape index (κ2) is 16.0. The highest BCUT2D eigenvalue weighted by molar-refractivity contribution is 6.12. The molecule has 0 saturated heterocycles. The van der Waals surface area contributed by atoms with Gasteiger partial charge in [0.25, 0.3) is 0 Å². The van der Waals surface area contributed by atoms with Gasteiger partial charge in [-0.1, -0.05) is 218 Å². The lowest BCUT2D eigenvalue weighted by Crippen LogP contribution is -1.79. The van der Waals surface area contributed by atoms with Crippen LogP contribution in [0.15, 0.2) is 243 Å². The molecule has 0 heterocycles. The second-order valence-corrected chi connectivity index (χ2v) is 14.1. The molecule has 0 atom stereocenters. The van der Waals surface area contributed by atoms with E-state index in [-0.39, 0.29) is 0 Å². The van der Waals surface area contributed by atoms with E-state index in [4.69, 9.17) is 0 Å². The number of hydrogen-bond acceptors (Lipinski definition) is 0. The van der Waals surface area contributed by atoms with Gasteiger partial charge in [-0.25, -0.2) is 0 Å². The normalized spacial score (nSPS) is 10.9. The predicted molar refractivity (Wildman–Crippen MR) is 246 cm³/mol. The zero-order valence-electron chi connectivity index (χ0n) is 31.1. The highest BCUT2D eigenvalue weighted by atomic mass is 14.1. The molecular formula is C56H40. The topological polar surface area (TPSA) is 0 Å². The summed E-state index contributed by atoms with van der Waals surface area (Å²) in [5, 5.41) is 21.1. The van der Waals surface area contributed by atoms with Crippen LogP contribution >= 0.6 is 0 Å². The first-order valence-electron chi connectivity index (χ1n) is 19.2. The molecule has 0 amide bonds. The van der Waals surface area contributed by atoms with Gasteiger partial charge in [-0.15, -0.1) is 0 Å². The van der Waals surface area contributed by atoms with Crippen molar-refractivity contribution >= 4 is 86.2 Å². The summed E-state index contributed by atoms with van der Waals surface area (Å²) >= 11 is 0. The molecule has 12 aromatic carbocycles. The maximum atomic E-state index is 2.30. The molecule has 56 heavy (non-hydrogen) atoms. The second-order valence-electron chi connectivity index (χ2n) is 14.1. The molecule has 0 heteroatoms. The highest BCUT2D eigenvalue weighted by Crippen LogP contribution is 2.29. The van der Waals surface area contributed by atoms with Crippen molar-refractivity contribution in [2.24, 2.45) is 0 Å². The Morgan fingerprint density at radius 1 is 0.125 bits per heavy atom. The van der Waals surface area contributed by atoms with Crippen LogP contribution in [0.25, 0.3) is 86.2 Å². The van der Waals surface area contributed by atoms with E-state index in [1.165, 1.54) is 86.2 Å². The van der Waals surface area contributed by atoms with Crippen molar-refractivity contribution in [1.82, 2.24) is 0 Å². The van der Waals surface area contributed by atoms with Crippen molar-refractivity contribution in [2.45, 2.75) is 0 Å². The van der Waals surface area contributed by atoms with Crippen molar-refractivity contribution in [3.63, 3.8) is 0 Å². The quantitative estimate of drug-likeness (QED) is 0.108. The molecule has 12 aromatic rings. The van der Waals surface area contributed by atoms with Crippen LogP contribution in [-0.4, -0.2) is 0 Å². The first-order chi connectivity index (χ1) is 27.8. The summed E-state index contributed by atoms with van der Waals surface area (Å²) in [7, 11) is 0. The fraction of sp³-hybridized carbons (Fsp3) is 0. The number of hydrogen-bond donors (Lipinski definition) is 0. The molecule has 0 fully saturated rings. The summed E-state index contributed by atoms with van der Waals surface area (Å²) in [5.41, 5.74) is 0. The summed E-state index contributed by atoms with van der Waals surface area (Å²) in [6.07, 6.45) is 0. The predicted octanol–water partition coefficient (Wildman–Crippen LogP) is 16.0. The molecule has 0 N–H and O–H groups in total. The number of rotatable bonds is 0. The fourth-order valence-electron chi connectivity index (χ4n) is 7.67. The van der Waals surface area contributed by atoms with E-state index in [1.807, 2.05) is 0 Å². The molecule has 0 nitrogen and oxygen atoms in total. The van der Waals surface area contributed by atoms with Gasteiger partial charge in [0, 0.05) is 0 Å². The Labute approximate surface area is 327 Å². The van der Waals surface area contributed by atoms with E-state index in [0.29, 0.717) is 0 Å². The van der Waals surface area contributed by atoms with Crippen LogP contribution in [0.1, 0.15) is 0 Å². The van der Waals surface area contributed by atoms with Gasteiger partial charge in [0.1, 0.15) is 0 Å². The SMILES string of the molecule is c1ccc2c(c1)ccc1ccccc12.c1ccc2cc3c(ccc4ccccc43)cc2c1.c1ccc2cc3ccccc3cc2c1.c1ccc2ccccc2c1. The maximum absolute atomic E-state index is 2.30. The molecule has 0 bridgehead atoms. The molecule has 0 saturated carbocycles. The van der Waals surface area contributed by atoms with Crippen LogP contribution in [0.5, 0.6) is 0 Å². The van der Waals surface area contributed by atoms with E-state index in [9.17, 15) is 0 Å². The molecule has 0 radical (unpaired) electrons. The summed E-state index contributed by atoms with van der Waals surface area (Å²) < 4.78 is 0. The third kappa shape index (κ3) is 7.42. The third-order valence-corrected chi connectivity index (χ3v) is 10.5. The number of fused-ring (bicyclic) bond motifs is 10. The van der Waals surface area contributed by atoms with E-state index in [2.05, 4.69) is 243 Å². The van der Waals surface area contributed by atoms with E-state index in [0.717, 1.165) is 0 Å². The third-order valence-electron chi connectivity index (χ3n) is 10.5. The zero-order chi connectivity index (χ0) is 37.5. The minimum Gasteiger partial charge on any atom is -0.0616 e. The van der Waals surface area contributed by atoms with Gasteiger partial charge in [0.15, 0.2) is 0 Å². The largest absolute Gasteiger partial charge is 0.0616 e. The average Bonchev–Trinajstić information content (AvgIpc) is 3.28. The Morgan fingerprint density at radius 3 is 0.679 bits per heavy atom. The van der Waals surface area contributed by atoms with Crippen molar-refractivity contribution < 1.29 is 0 Å². The van der Waals surface area contributed by atoms with Crippen molar-refractivity contribution in [1.29, 1.82) is 0 Å². The Balaban J connectivity index is 0.0000000994. The zero-order valence-corrected chi connectivity index (χ0v) is 31.1. The number of benzene rings is 12. The first kappa shape index (κ1) is 34.5. The lowest BCUT2D eigenvalue weighted by Gasteiger charge is -2.06. The minimum atomic E-state index is 1.31. The lowest BCUT2D eigenvalue weighted by molar-refractivity contribution is 1.75. The monoisotopic (exact) mass is 712 g/mol. The molecule has 264 valence electrons. The van der Waals surface area contributed by atoms with Crippen LogP contribution in [0.3, 0.4) is 0 Å². The van der Waals surface area contributed by atoms with Gasteiger partial charge in [-0.3, -0.25) is 0 Å². The molecule has 0 aliphatic rings. The summed E-state index contributed by atoms with van der Waals surface area (Å²) in [6.45, 7) is 0. The van der Waals surface area contributed by atoms with Gasteiger partial charge >= 0.3 is 0 Å². The highest BCUT2D eigenvalue weighted by Gasteiger charge is 2.02. The Morgan fingerprint density at radius 2 is 0.339 bits per heavy atom. The van der Waals surface area contributed by atoms with Crippen molar-refractivity contribution in [2.75, 3.05) is 0 Å². The van der Waals surface area contributed by atoms with Crippen LogP contribution in [0.4, 0.5) is 0 Å². The van der Waals surface area contributed by atoms with Gasteiger partial charge < -0.3 is 0 Å². The van der Waals surface area contributed by atoms with E-state index in [1.54, 1.807) is 0 Å². The first-order valence-corrected chi connectivity index (χ1v) is 19.2. The van der Waals surface area contributed by atoms with Crippen LogP contribution in [0, 0.1) is 0 Å². The van der Waals surface area contributed by atoms with Crippen molar-refractivity contribution in [3.8, 4) is 0 Å². The smallest absolute Gasteiger partial charge is 0.00990 e. The van der Waals surface area contributed by atoms with E-state index >= 15 is 0 Å². The molecule has 0 aliphatic carbocycles. The van der Waals surface area contributed by atoms with Crippen LogP contribution < -0.4 is 0 Å². The van der Waals surface area contributed by atoms with Gasteiger partial charge in [-0.2, -0.15) is 0 Å². The molecule has 0 aromatic heterocycles. The standard InChI is InChI=1S/C18H12.2C14H10.C10H8/c1-2-7-15-12-18-16(11-14(15)6-1)10-9-13-5-3-4-8-17(13)18;1-3-7-13-11(5-1)9-10-12-6-2-4-8-14(12)13;1-2-6-12-10-14-8-4-3-7-13(14)9-11(12)5-1;1-2-6-10-8-4-3-7-9(10)5-1/h1-12H;2*1-10H;1-8H. The Kier molecular flexibility index (Phi) is 9.84. The summed E-state index contributed by atoms with van der Waals surface area (Å²) in [4.78, 5) is 0. The van der Waals surface area contributed by atoms with E-state index < -0.39 is 0 Å². The van der Waals surface area contributed by atoms with Crippen LogP contribution in [-0.2, 0) is 0 Å². The minimum absolute atomic E-state index is 1.31.